The van der Waals surface area contributed by atoms with Gasteiger partial charge in [-0.2, -0.15) is 0 Å². The Kier molecular flexibility index (Phi) is 13.7. The molecule has 0 aliphatic rings. The van der Waals surface area contributed by atoms with E-state index in [9.17, 15) is 0 Å². The van der Waals surface area contributed by atoms with E-state index in [1.54, 1.807) is 0 Å². The van der Waals surface area contributed by atoms with Crippen LogP contribution in [0, 0.1) is 20.8 Å². The van der Waals surface area contributed by atoms with Crippen LogP contribution < -0.4 is 31.8 Å². The number of benzene rings is 9. The molecule has 0 aromatic heterocycles. The number of rotatable bonds is 7. The van der Waals surface area contributed by atoms with Crippen LogP contribution in [-0.2, 0) is 0 Å². The number of hydrogen-bond acceptors (Lipinski definition) is 0. The smallest absolute Gasteiger partial charge is 0.0134 e. The SMILES string of the molecule is Cc1cccc(-c2ccc3c(C)c(C)ccc3c2)c1.c1ccc(P(c2ccccc2)c2ccccc2)cc1.c1ccc(P(c2ccccc2)c2ccccc2)cc1. The highest BCUT2D eigenvalue weighted by Gasteiger charge is 2.16. The number of aryl methyl sites for hydroxylation is 3. The largest absolute Gasteiger partial charge is 0.0622 e. The Balaban J connectivity index is 0.000000131. The molecular formula is C55H48P2. The van der Waals surface area contributed by atoms with Crippen molar-refractivity contribution in [3.8, 4) is 11.1 Å². The van der Waals surface area contributed by atoms with E-state index in [4.69, 9.17) is 0 Å². The molecule has 0 saturated heterocycles. The third-order valence-corrected chi connectivity index (χ3v) is 14.9. The highest BCUT2D eigenvalue weighted by atomic mass is 31.1. The van der Waals surface area contributed by atoms with Gasteiger partial charge in [0.1, 0.15) is 0 Å². The van der Waals surface area contributed by atoms with E-state index >= 15 is 0 Å². The van der Waals surface area contributed by atoms with Gasteiger partial charge in [-0.05, 0) is 108 Å². The van der Waals surface area contributed by atoms with Gasteiger partial charge in [-0.1, -0.05) is 236 Å². The van der Waals surface area contributed by atoms with E-state index in [0.717, 1.165) is 0 Å². The molecule has 57 heavy (non-hydrogen) atoms. The lowest BCUT2D eigenvalue weighted by Crippen LogP contribution is -2.20. The predicted octanol–water partition coefficient (Wildman–Crippen LogP) is 12.3. The summed E-state index contributed by atoms with van der Waals surface area (Å²) in [5.41, 5.74) is 6.63. The summed E-state index contributed by atoms with van der Waals surface area (Å²) < 4.78 is 0. The Labute approximate surface area is 342 Å². The average Bonchev–Trinajstić information content (AvgIpc) is 3.28. The standard InChI is InChI=1S/C19H18.2C18H15P/c1-13-5-4-6-16(11-13)17-9-10-19-15(3)14(2)7-8-18(19)12-17;2*1-4-10-16(11-5-1)19(17-12-6-2-7-13-17)18-14-8-3-9-15-18/h4-12H,1-3H3;2*1-15H. The van der Waals surface area contributed by atoms with Crippen LogP contribution in [-0.4, -0.2) is 0 Å². The molecular weight excluding hydrogens is 723 g/mol. The first kappa shape index (κ1) is 39.3. The van der Waals surface area contributed by atoms with Gasteiger partial charge in [-0.3, -0.25) is 0 Å². The summed E-state index contributed by atoms with van der Waals surface area (Å²) in [5.74, 6) is 0. The van der Waals surface area contributed by atoms with E-state index in [1.807, 2.05) is 0 Å². The Morgan fingerprint density at radius 1 is 0.281 bits per heavy atom. The minimum absolute atomic E-state index is 0.446. The zero-order valence-electron chi connectivity index (χ0n) is 32.9. The summed E-state index contributed by atoms with van der Waals surface area (Å²) in [6.45, 7) is 6.51. The summed E-state index contributed by atoms with van der Waals surface area (Å²) in [6.07, 6.45) is 0. The minimum atomic E-state index is -0.446. The van der Waals surface area contributed by atoms with Crippen LogP contribution in [0.25, 0.3) is 21.9 Å². The zero-order valence-corrected chi connectivity index (χ0v) is 34.7. The van der Waals surface area contributed by atoms with Crippen molar-refractivity contribution in [2.45, 2.75) is 20.8 Å². The van der Waals surface area contributed by atoms with Crippen molar-refractivity contribution in [2.75, 3.05) is 0 Å². The van der Waals surface area contributed by atoms with E-state index < -0.39 is 15.8 Å². The monoisotopic (exact) mass is 770 g/mol. The van der Waals surface area contributed by atoms with Crippen LogP contribution in [0.2, 0.25) is 0 Å². The minimum Gasteiger partial charge on any atom is -0.0622 e. The van der Waals surface area contributed by atoms with Crippen molar-refractivity contribution in [1.82, 2.24) is 0 Å². The van der Waals surface area contributed by atoms with Crippen molar-refractivity contribution in [2.24, 2.45) is 0 Å². The third kappa shape index (κ3) is 10.3. The summed E-state index contributed by atoms with van der Waals surface area (Å²) in [6, 6.07) is 84.5. The molecule has 9 rings (SSSR count). The topological polar surface area (TPSA) is 0 Å². The third-order valence-electron chi connectivity index (χ3n) is 10.00. The molecule has 0 N–H and O–H groups in total. The van der Waals surface area contributed by atoms with Gasteiger partial charge in [0.15, 0.2) is 0 Å². The summed E-state index contributed by atoms with van der Waals surface area (Å²) in [4.78, 5) is 0. The molecule has 2 heteroatoms. The molecule has 0 bridgehead atoms. The van der Waals surface area contributed by atoms with Gasteiger partial charge in [0.25, 0.3) is 0 Å². The number of fused-ring (bicyclic) bond motifs is 1. The molecule has 9 aromatic carbocycles. The van der Waals surface area contributed by atoms with Gasteiger partial charge >= 0.3 is 0 Å². The molecule has 0 nitrogen and oxygen atoms in total. The molecule has 0 heterocycles. The van der Waals surface area contributed by atoms with E-state index in [2.05, 4.69) is 257 Å². The Bertz CT molecular complexity index is 2270. The lowest BCUT2D eigenvalue weighted by Gasteiger charge is -2.18. The first-order valence-electron chi connectivity index (χ1n) is 19.5. The van der Waals surface area contributed by atoms with Gasteiger partial charge in [-0.15, -0.1) is 0 Å². The molecule has 0 saturated carbocycles. The average molecular weight is 771 g/mol. The molecule has 0 spiro atoms. The van der Waals surface area contributed by atoms with Gasteiger partial charge in [0.2, 0.25) is 0 Å². The van der Waals surface area contributed by atoms with Crippen LogP contribution >= 0.6 is 15.8 Å². The molecule has 0 fully saturated rings. The molecule has 0 atom stereocenters. The predicted molar refractivity (Wildman–Crippen MR) is 254 cm³/mol. The van der Waals surface area contributed by atoms with Crippen molar-refractivity contribution in [3.05, 3.63) is 253 Å². The van der Waals surface area contributed by atoms with E-state index in [1.165, 1.54) is 70.4 Å². The molecule has 0 unspecified atom stereocenters. The maximum atomic E-state index is 2.29. The molecule has 0 aliphatic carbocycles. The second-order valence-electron chi connectivity index (χ2n) is 14.0. The maximum Gasteiger partial charge on any atom is -0.0134 e. The first-order valence-corrected chi connectivity index (χ1v) is 22.2. The first-order chi connectivity index (χ1) is 28.0. The van der Waals surface area contributed by atoms with Crippen molar-refractivity contribution < 1.29 is 0 Å². The fourth-order valence-corrected chi connectivity index (χ4v) is 11.6. The quantitative estimate of drug-likeness (QED) is 0.142. The second kappa shape index (κ2) is 19.8. The van der Waals surface area contributed by atoms with E-state index in [-0.39, 0.29) is 0 Å². The van der Waals surface area contributed by atoms with Gasteiger partial charge < -0.3 is 0 Å². The normalized spacial score (nSPS) is 10.7. The summed E-state index contributed by atoms with van der Waals surface area (Å²) in [5, 5.41) is 11.1. The van der Waals surface area contributed by atoms with Crippen molar-refractivity contribution in [3.63, 3.8) is 0 Å². The summed E-state index contributed by atoms with van der Waals surface area (Å²) in [7, 11) is -0.892. The lowest BCUT2D eigenvalue weighted by atomic mass is 9.96. The van der Waals surface area contributed by atoms with Crippen molar-refractivity contribution in [1.29, 1.82) is 0 Å². The van der Waals surface area contributed by atoms with Crippen LogP contribution in [0.3, 0.4) is 0 Å². The Morgan fingerprint density at radius 2 is 0.632 bits per heavy atom. The maximum absolute atomic E-state index is 2.29. The number of hydrogen-bond donors (Lipinski definition) is 0. The molecule has 0 radical (unpaired) electrons. The highest BCUT2D eigenvalue weighted by Crippen LogP contribution is 2.33. The van der Waals surface area contributed by atoms with Gasteiger partial charge in [-0.25, -0.2) is 0 Å². The molecule has 278 valence electrons. The fraction of sp³-hybridized carbons (Fsp3) is 0.0545. The van der Waals surface area contributed by atoms with E-state index in [0.29, 0.717) is 0 Å². The van der Waals surface area contributed by atoms with Crippen molar-refractivity contribution >= 4 is 58.4 Å². The molecule has 0 aliphatic heterocycles. The van der Waals surface area contributed by atoms with Crippen LogP contribution in [0.5, 0.6) is 0 Å². The zero-order chi connectivity index (χ0) is 39.2. The van der Waals surface area contributed by atoms with Crippen LogP contribution in [0.15, 0.2) is 237 Å². The second-order valence-corrected chi connectivity index (χ2v) is 18.4. The van der Waals surface area contributed by atoms with Crippen LogP contribution in [0.1, 0.15) is 16.7 Å². The van der Waals surface area contributed by atoms with Gasteiger partial charge in [0.05, 0.1) is 0 Å². The van der Waals surface area contributed by atoms with Gasteiger partial charge in [0, 0.05) is 0 Å². The molecule has 9 aromatic rings. The summed E-state index contributed by atoms with van der Waals surface area (Å²) >= 11 is 0. The molecule has 0 amide bonds. The van der Waals surface area contributed by atoms with Crippen LogP contribution in [0.4, 0.5) is 0 Å². The Hall–Kier alpha value is -5.90. The Morgan fingerprint density at radius 3 is 0.982 bits per heavy atom. The fourth-order valence-electron chi connectivity index (χ4n) is 6.96. The lowest BCUT2D eigenvalue weighted by molar-refractivity contribution is 1.38. The highest BCUT2D eigenvalue weighted by molar-refractivity contribution is 7.80.